The molecule has 0 unspecified atom stereocenters. The molecule has 3 aromatic carbocycles. The topological polar surface area (TPSA) is 17.1 Å². The van der Waals surface area contributed by atoms with Gasteiger partial charge in [-0.3, -0.25) is 0 Å². The van der Waals surface area contributed by atoms with E-state index in [1.165, 1.54) is 9.75 Å². The van der Waals surface area contributed by atoms with Crippen LogP contribution in [0.2, 0.25) is 0 Å². The normalized spacial score (nSPS) is 12.1. The van der Waals surface area contributed by atoms with Crippen LogP contribution in [0.4, 0.5) is 0 Å². The van der Waals surface area contributed by atoms with Gasteiger partial charge in [0.1, 0.15) is 0 Å². The van der Waals surface area contributed by atoms with E-state index in [1.807, 2.05) is 78.9 Å². The summed E-state index contributed by atoms with van der Waals surface area (Å²) in [5.74, 6) is 0. The van der Waals surface area contributed by atoms with Crippen molar-refractivity contribution in [2.75, 3.05) is 0 Å². The first kappa shape index (κ1) is 20.9. The predicted molar refractivity (Wildman–Crippen MR) is 141 cm³/mol. The number of rotatable bonds is 6. The molecule has 0 aliphatic rings. The van der Waals surface area contributed by atoms with Gasteiger partial charge in [-0.2, -0.15) is 0 Å². The van der Waals surface area contributed by atoms with Gasteiger partial charge in [0.2, 0.25) is 0 Å². The van der Waals surface area contributed by atoms with Gasteiger partial charge >= 0.3 is 0 Å². The minimum absolute atomic E-state index is 0.848. The molecule has 0 N–H and O–H groups in total. The van der Waals surface area contributed by atoms with Crippen LogP contribution in [-0.4, -0.2) is 0 Å². The Morgan fingerprint density at radius 1 is 0.625 bits per heavy atom. The van der Waals surface area contributed by atoms with Crippen molar-refractivity contribution in [2.24, 2.45) is 0 Å². The highest BCUT2D eigenvalue weighted by Gasteiger charge is 2.32. The highest BCUT2D eigenvalue weighted by Crippen LogP contribution is 2.45. The molecule has 2 aromatic heterocycles. The monoisotopic (exact) mass is 468 g/mol. The van der Waals surface area contributed by atoms with Crippen molar-refractivity contribution < 1.29 is 4.57 Å². The quantitative estimate of drug-likeness (QED) is 0.244. The molecule has 0 aliphatic carbocycles. The van der Waals surface area contributed by atoms with E-state index in [4.69, 9.17) is 0 Å². The van der Waals surface area contributed by atoms with Crippen LogP contribution >= 0.6 is 29.8 Å². The summed E-state index contributed by atoms with van der Waals surface area (Å²) in [6.45, 7) is 0. The summed E-state index contributed by atoms with van der Waals surface area (Å²) in [5.41, 5.74) is 2.12. The Balaban J connectivity index is 1.80. The molecule has 0 bridgehead atoms. The van der Waals surface area contributed by atoms with E-state index >= 15 is 4.57 Å². The number of hydrogen-bond acceptors (Lipinski definition) is 3. The average Bonchev–Trinajstić information content (AvgIpc) is 3.58. The van der Waals surface area contributed by atoms with Crippen molar-refractivity contribution in [1.82, 2.24) is 0 Å². The van der Waals surface area contributed by atoms with Gasteiger partial charge in [-0.05, 0) is 34.5 Å². The van der Waals surface area contributed by atoms with Gasteiger partial charge < -0.3 is 4.57 Å². The molecular formula is C28H21OPS2. The van der Waals surface area contributed by atoms with Crippen LogP contribution in [0.1, 0.15) is 15.3 Å². The fourth-order valence-corrected chi connectivity index (χ4v) is 8.19. The lowest BCUT2D eigenvalue weighted by Crippen LogP contribution is -2.27. The molecule has 5 aromatic rings. The lowest BCUT2D eigenvalue weighted by Gasteiger charge is -2.23. The molecule has 0 saturated heterocycles. The van der Waals surface area contributed by atoms with Gasteiger partial charge in [-0.15, -0.1) is 22.7 Å². The molecule has 0 spiro atoms. The maximum absolute atomic E-state index is 15.1. The largest absolute Gasteiger partial charge is 0.309 e. The highest BCUT2D eigenvalue weighted by molar-refractivity contribution is 7.85. The molecule has 32 heavy (non-hydrogen) atoms. The van der Waals surface area contributed by atoms with E-state index < -0.39 is 7.14 Å². The van der Waals surface area contributed by atoms with Crippen molar-refractivity contribution in [3.8, 4) is 0 Å². The average molecular weight is 469 g/mol. The lowest BCUT2D eigenvalue weighted by atomic mass is 10.0. The Hall–Kier alpha value is -2.97. The van der Waals surface area contributed by atoms with Crippen molar-refractivity contribution in [1.29, 1.82) is 0 Å². The first-order valence-electron chi connectivity index (χ1n) is 10.4. The van der Waals surface area contributed by atoms with Crippen LogP contribution in [0.5, 0.6) is 0 Å². The molecule has 2 heterocycles. The third-order valence-corrected chi connectivity index (χ3v) is 10.2. The lowest BCUT2D eigenvalue weighted by molar-refractivity contribution is 0.592. The van der Waals surface area contributed by atoms with Crippen molar-refractivity contribution in [3.05, 3.63) is 135 Å². The number of thiophene rings is 2. The van der Waals surface area contributed by atoms with Crippen LogP contribution in [0.15, 0.2) is 120 Å². The third kappa shape index (κ3) is 3.96. The molecular weight excluding hydrogens is 447 g/mol. The van der Waals surface area contributed by atoms with Crippen molar-refractivity contribution >= 4 is 57.4 Å². The summed E-state index contributed by atoms with van der Waals surface area (Å²) in [5, 5.41) is 6.74. The SMILES string of the molecule is O=P(c1ccccc1)(c1ccccc1)c1ccccc1/C(=C/c1cccs1)c1cccs1. The van der Waals surface area contributed by atoms with Gasteiger partial charge in [0, 0.05) is 31.2 Å². The first-order valence-corrected chi connectivity index (χ1v) is 13.8. The molecule has 0 saturated carbocycles. The number of hydrogen-bond donors (Lipinski definition) is 0. The van der Waals surface area contributed by atoms with Gasteiger partial charge in [-0.1, -0.05) is 97.1 Å². The van der Waals surface area contributed by atoms with Crippen LogP contribution < -0.4 is 15.9 Å². The van der Waals surface area contributed by atoms with Crippen LogP contribution in [0.3, 0.4) is 0 Å². The smallest absolute Gasteiger partial charge is 0.171 e. The second kappa shape index (κ2) is 9.26. The summed E-state index contributed by atoms with van der Waals surface area (Å²) in [6, 6.07) is 36.3. The Labute approximate surface area is 196 Å². The fraction of sp³-hybridized carbons (Fsp3) is 0. The van der Waals surface area contributed by atoms with Crippen molar-refractivity contribution in [2.45, 2.75) is 0 Å². The zero-order chi connectivity index (χ0) is 21.8. The Bertz CT molecular complexity index is 1330. The van der Waals surface area contributed by atoms with Crippen LogP contribution in [0.25, 0.3) is 11.6 Å². The van der Waals surface area contributed by atoms with E-state index in [9.17, 15) is 0 Å². The number of benzene rings is 3. The summed E-state index contributed by atoms with van der Waals surface area (Å²) >= 11 is 3.41. The van der Waals surface area contributed by atoms with E-state index in [1.54, 1.807) is 22.7 Å². The molecule has 0 aliphatic heterocycles. The van der Waals surface area contributed by atoms with Gasteiger partial charge in [0.15, 0.2) is 7.14 Å². The summed E-state index contributed by atoms with van der Waals surface area (Å²) in [4.78, 5) is 2.34. The highest BCUT2D eigenvalue weighted by atomic mass is 32.1. The summed E-state index contributed by atoms with van der Waals surface area (Å²) in [7, 11) is -3.09. The molecule has 0 amide bonds. The third-order valence-electron chi connectivity index (χ3n) is 5.39. The van der Waals surface area contributed by atoms with Gasteiger partial charge in [0.05, 0.1) is 0 Å². The van der Waals surface area contributed by atoms with Gasteiger partial charge in [0.25, 0.3) is 0 Å². The first-order chi connectivity index (χ1) is 15.8. The second-order valence-corrected chi connectivity index (χ2v) is 12.0. The van der Waals surface area contributed by atoms with Crippen molar-refractivity contribution in [3.63, 3.8) is 0 Å². The fourth-order valence-electron chi connectivity index (χ4n) is 3.91. The Morgan fingerprint density at radius 3 is 1.81 bits per heavy atom. The van der Waals surface area contributed by atoms with E-state index in [0.717, 1.165) is 27.1 Å². The molecule has 156 valence electrons. The molecule has 0 atom stereocenters. The zero-order valence-electron chi connectivity index (χ0n) is 17.3. The van der Waals surface area contributed by atoms with Gasteiger partial charge in [-0.25, -0.2) is 0 Å². The predicted octanol–water partition coefficient (Wildman–Crippen LogP) is 7.04. The molecule has 4 heteroatoms. The molecule has 0 radical (unpaired) electrons. The van der Waals surface area contributed by atoms with E-state index in [0.29, 0.717) is 0 Å². The van der Waals surface area contributed by atoms with Crippen LogP contribution in [0, 0.1) is 0 Å². The maximum Gasteiger partial charge on any atom is 0.171 e. The molecule has 1 nitrogen and oxygen atoms in total. The molecule has 0 fully saturated rings. The summed E-state index contributed by atoms with van der Waals surface area (Å²) in [6.07, 6.45) is 2.22. The minimum atomic E-state index is -3.09. The van der Waals surface area contributed by atoms with E-state index in [-0.39, 0.29) is 0 Å². The Morgan fingerprint density at radius 2 is 1.22 bits per heavy atom. The van der Waals surface area contributed by atoms with E-state index in [2.05, 4.69) is 47.2 Å². The minimum Gasteiger partial charge on any atom is -0.309 e. The summed E-state index contributed by atoms with van der Waals surface area (Å²) < 4.78 is 15.1. The zero-order valence-corrected chi connectivity index (χ0v) is 19.8. The van der Waals surface area contributed by atoms with Crippen LogP contribution in [-0.2, 0) is 4.57 Å². The maximum atomic E-state index is 15.1. The molecule has 5 rings (SSSR count). The standard InChI is InChI=1S/C28H21OPS2/c29-30(22-11-3-1-4-12-22,23-13-5-2-6-14-23)27-17-8-7-16-25(27)26(28-18-10-20-32-28)21-24-15-9-19-31-24/h1-21H/b26-21-. The second-order valence-electron chi connectivity index (χ2n) is 7.35. The Kier molecular flexibility index (Phi) is 6.05.